The molecule has 0 fully saturated rings. The topological polar surface area (TPSA) is 71.9 Å². The number of aromatic nitrogens is 1. The van der Waals surface area contributed by atoms with E-state index < -0.39 is 0 Å². The third-order valence-corrected chi connectivity index (χ3v) is 2.26. The van der Waals surface area contributed by atoms with Gasteiger partial charge in [-0.15, -0.1) is 0 Å². The Kier molecular flexibility index (Phi) is 3.12. The Morgan fingerprint density at radius 2 is 2.12 bits per heavy atom. The number of nitrogens with zero attached hydrogens (tertiary/aromatic N) is 2. The first-order chi connectivity index (χ1) is 8.19. The summed E-state index contributed by atoms with van der Waals surface area (Å²) in [5, 5.41) is 9.23. The Hall–Kier alpha value is -2.25. The van der Waals surface area contributed by atoms with Gasteiger partial charge in [0.1, 0.15) is 11.8 Å². The maximum Gasteiger partial charge on any atom is 0.220 e. The fraction of sp³-hybridized carbons (Fsp3) is 0. The lowest BCUT2D eigenvalue weighted by atomic mass is 10.3. The van der Waals surface area contributed by atoms with Gasteiger partial charge >= 0.3 is 0 Å². The van der Waals surface area contributed by atoms with E-state index in [-0.39, 0.29) is 5.69 Å². The number of nitrogens with two attached hydrogens (primary N) is 1. The summed E-state index contributed by atoms with van der Waals surface area (Å²) in [6, 6.07) is 11.8. The summed E-state index contributed by atoms with van der Waals surface area (Å²) in [5.41, 5.74) is 6.47. The maximum absolute atomic E-state index is 8.71. The molecule has 2 aromatic rings. The van der Waals surface area contributed by atoms with E-state index in [2.05, 4.69) is 4.98 Å². The number of nitrogen functional groups attached to an aromatic ring is 1. The van der Waals surface area contributed by atoms with Crippen molar-refractivity contribution in [1.82, 2.24) is 4.98 Å². The largest absolute Gasteiger partial charge is 0.437 e. The highest BCUT2D eigenvalue weighted by Crippen LogP contribution is 2.29. The Morgan fingerprint density at radius 3 is 2.88 bits per heavy atom. The predicted molar refractivity (Wildman–Crippen MR) is 64.9 cm³/mol. The molecule has 2 N–H and O–H groups in total. The molecule has 0 unspecified atom stereocenters. The summed E-state index contributed by atoms with van der Waals surface area (Å²) in [5.74, 6) is 0.720. The van der Waals surface area contributed by atoms with Gasteiger partial charge in [-0.05, 0) is 18.2 Å². The number of pyridine rings is 1. The molecule has 84 valence electrons. The Morgan fingerprint density at radius 1 is 1.29 bits per heavy atom. The standard InChI is InChI=1S/C12H8ClN3O/c13-8-4-5-10(15)11(6-8)17-12-3-1-2-9(7-14)16-12/h1-6H,15H2. The quantitative estimate of drug-likeness (QED) is 0.826. The highest BCUT2D eigenvalue weighted by Gasteiger charge is 2.04. The van der Waals surface area contributed by atoms with Gasteiger partial charge < -0.3 is 10.5 Å². The molecule has 17 heavy (non-hydrogen) atoms. The average molecular weight is 246 g/mol. The lowest BCUT2D eigenvalue weighted by Gasteiger charge is -2.07. The van der Waals surface area contributed by atoms with Gasteiger partial charge in [0.2, 0.25) is 5.88 Å². The van der Waals surface area contributed by atoms with Crippen molar-refractivity contribution in [2.45, 2.75) is 0 Å². The normalized spacial score (nSPS) is 9.65. The molecule has 0 atom stereocenters. The molecule has 0 aliphatic heterocycles. The minimum Gasteiger partial charge on any atom is -0.437 e. The predicted octanol–water partition coefficient (Wildman–Crippen LogP) is 2.98. The van der Waals surface area contributed by atoms with E-state index in [1.165, 1.54) is 0 Å². The zero-order chi connectivity index (χ0) is 12.3. The van der Waals surface area contributed by atoms with Gasteiger partial charge in [-0.1, -0.05) is 17.7 Å². The number of rotatable bonds is 2. The monoisotopic (exact) mass is 245 g/mol. The minimum atomic E-state index is 0.281. The van der Waals surface area contributed by atoms with Gasteiger partial charge in [-0.25, -0.2) is 4.98 Å². The van der Waals surface area contributed by atoms with Crippen LogP contribution >= 0.6 is 11.6 Å². The molecule has 0 saturated carbocycles. The van der Waals surface area contributed by atoms with Gasteiger partial charge in [0.05, 0.1) is 5.69 Å². The molecule has 0 aliphatic rings. The smallest absolute Gasteiger partial charge is 0.220 e. The Balaban J connectivity index is 2.31. The fourth-order valence-electron chi connectivity index (χ4n) is 1.24. The summed E-state index contributed by atoms with van der Waals surface area (Å²) in [7, 11) is 0. The van der Waals surface area contributed by atoms with E-state index in [0.29, 0.717) is 22.3 Å². The molecule has 1 aromatic carbocycles. The van der Waals surface area contributed by atoms with E-state index in [9.17, 15) is 0 Å². The second-order valence-corrected chi connectivity index (χ2v) is 3.69. The SMILES string of the molecule is N#Cc1cccc(Oc2cc(Cl)ccc2N)n1. The first-order valence-electron chi connectivity index (χ1n) is 4.79. The van der Waals surface area contributed by atoms with E-state index in [0.717, 1.165) is 0 Å². The molecule has 0 aliphatic carbocycles. The molecular formula is C12H8ClN3O. The number of hydrogen-bond donors (Lipinski definition) is 1. The van der Waals surface area contributed by atoms with Crippen molar-refractivity contribution in [2.75, 3.05) is 5.73 Å². The van der Waals surface area contributed by atoms with Crippen LogP contribution in [-0.4, -0.2) is 4.98 Å². The summed E-state index contributed by atoms with van der Waals surface area (Å²) in [6.07, 6.45) is 0. The van der Waals surface area contributed by atoms with Crippen LogP contribution < -0.4 is 10.5 Å². The molecule has 1 aromatic heterocycles. The van der Waals surface area contributed by atoms with Crippen molar-refractivity contribution in [1.29, 1.82) is 5.26 Å². The number of ether oxygens (including phenoxy) is 1. The number of hydrogen-bond acceptors (Lipinski definition) is 4. The molecule has 0 amide bonds. The first kappa shape index (κ1) is 11.2. The average Bonchev–Trinajstić information content (AvgIpc) is 2.34. The number of benzene rings is 1. The summed E-state index contributed by atoms with van der Waals surface area (Å²) in [4.78, 5) is 3.98. The highest BCUT2D eigenvalue weighted by atomic mass is 35.5. The van der Waals surface area contributed by atoms with Crippen LogP contribution in [0.1, 0.15) is 5.69 Å². The zero-order valence-corrected chi connectivity index (χ0v) is 9.48. The molecule has 0 radical (unpaired) electrons. The lowest BCUT2D eigenvalue weighted by Crippen LogP contribution is -1.94. The van der Waals surface area contributed by atoms with Crippen LogP contribution in [0.4, 0.5) is 5.69 Å². The van der Waals surface area contributed by atoms with Crippen molar-refractivity contribution in [3.8, 4) is 17.7 Å². The third-order valence-electron chi connectivity index (χ3n) is 2.03. The van der Waals surface area contributed by atoms with Gasteiger partial charge in [-0.3, -0.25) is 0 Å². The van der Waals surface area contributed by atoms with Crippen molar-refractivity contribution in [3.63, 3.8) is 0 Å². The second-order valence-electron chi connectivity index (χ2n) is 3.26. The highest BCUT2D eigenvalue weighted by molar-refractivity contribution is 6.30. The zero-order valence-electron chi connectivity index (χ0n) is 8.72. The van der Waals surface area contributed by atoms with Crippen LogP contribution in [-0.2, 0) is 0 Å². The van der Waals surface area contributed by atoms with Crippen LogP contribution in [0.25, 0.3) is 0 Å². The summed E-state index contributed by atoms with van der Waals surface area (Å²) < 4.78 is 5.46. The van der Waals surface area contributed by atoms with Crippen molar-refractivity contribution >= 4 is 17.3 Å². The van der Waals surface area contributed by atoms with Crippen LogP contribution in [0.5, 0.6) is 11.6 Å². The summed E-state index contributed by atoms with van der Waals surface area (Å²) in [6.45, 7) is 0. The lowest BCUT2D eigenvalue weighted by molar-refractivity contribution is 0.465. The fourth-order valence-corrected chi connectivity index (χ4v) is 1.41. The van der Waals surface area contributed by atoms with Crippen molar-refractivity contribution in [2.24, 2.45) is 0 Å². The van der Waals surface area contributed by atoms with E-state index >= 15 is 0 Å². The second kappa shape index (κ2) is 4.73. The molecule has 5 heteroatoms. The van der Waals surface area contributed by atoms with Gasteiger partial charge in [0.25, 0.3) is 0 Å². The van der Waals surface area contributed by atoms with Crippen molar-refractivity contribution in [3.05, 3.63) is 47.1 Å². The van der Waals surface area contributed by atoms with E-state index in [1.807, 2.05) is 6.07 Å². The van der Waals surface area contributed by atoms with Crippen molar-refractivity contribution < 1.29 is 4.74 Å². The van der Waals surface area contributed by atoms with Gasteiger partial charge in [-0.2, -0.15) is 5.26 Å². The van der Waals surface area contributed by atoms with Crippen LogP contribution in [0.2, 0.25) is 5.02 Å². The van der Waals surface area contributed by atoms with Gasteiger partial charge in [0, 0.05) is 17.2 Å². The van der Waals surface area contributed by atoms with Crippen LogP contribution in [0.15, 0.2) is 36.4 Å². The molecule has 0 saturated heterocycles. The van der Waals surface area contributed by atoms with Crippen LogP contribution in [0.3, 0.4) is 0 Å². The molecule has 2 rings (SSSR count). The molecule has 0 spiro atoms. The first-order valence-corrected chi connectivity index (χ1v) is 5.17. The maximum atomic E-state index is 8.71. The molecule has 4 nitrogen and oxygen atoms in total. The Bertz CT molecular complexity index is 593. The van der Waals surface area contributed by atoms with Gasteiger partial charge in [0.15, 0.2) is 5.75 Å². The number of nitriles is 1. The number of anilines is 1. The number of halogens is 1. The summed E-state index contributed by atoms with van der Waals surface area (Å²) >= 11 is 5.83. The van der Waals surface area contributed by atoms with E-state index in [1.54, 1.807) is 36.4 Å². The molecule has 0 bridgehead atoms. The Labute approximate surface area is 103 Å². The van der Waals surface area contributed by atoms with Crippen LogP contribution in [0, 0.1) is 11.3 Å². The molecule has 1 heterocycles. The third kappa shape index (κ3) is 2.65. The molecular weight excluding hydrogens is 238 g/mol. The van der Waals surface area contributed by atoms with E-state index in [4.69, 9.17) is 27.3 Å². The minimum absolute atomic E-state index is 0.281.